The third-order valence-electron chi connectivity index (χ3n) is 3.37. The standard InChI is InChI=1S/C16H13BrN2O3S/c17-12-7-5-11(6-8-12)9-16(20)19-23(21,22)15-10-18-14-4-2-1-3-13(14)15/h1-8,10,18H,9H2,(H,19,20). The molecule has 0 atom stereocenters. The van der Waals surface area contributed by atoms with Gasteiger partial charge >= 0.3 is 0 Å². The Bertz CT molecular complexity index is 962. The van der Waals surface area contributed by atoms with Gasteiger partial charge in [-0.15, -0.1) is 0 Å². The molecule has 0 aliphatic carbocycles. The molecule has 0 aliphatic rings. The molecule has 7 heteroatoms. The number of para-hydroxylation sites is 1. The molecule has 0 saturated carbocycles. The van der Waals surface area contributed by atoms with Crippen molar-refractivity contribution in [2.45, 2.75) is 11.3 Å². The third kappa shape index (κ3) is 3.46. The van der Waals surface area contributed by atoms with E-state index in [9.17, 15) is 13.2 Å². The van der Waals surface area contributed by atoms with E-state index in [-0.39, 0.29) is 11.3 Å². The first-order valence-electron chi connectivity index (χ1n) is 6.82. The van der Waals surface area contributed by atoms with Crippen molar-refractivity contribution < 1.29 is 13.2 Å². The molecule has 23 heavy (non-hydrogen) atoms. The molecule has 0 unspecified atom stereocenters. The van der Waals surface area contributed by atoms with Gasteiger partial charge in [-0.1, -0.05) is 46.3 Å². The summed E-state index contributed by atoms with van der Waals surface area (Å²) < 4.78 is 27.8. The van der Waals surface area contributed by atoms with Crippen LogP contribution >= 0.6 is 15.9 Å². The number of H-pyrrole nitrogens is 1. The van der Waals surface area contributed by atoms with Crippen molar-refractivity contribution in [3.63, 3.8) is 0 Å². The second-order valence-electron chi connectivity index (χ2n) is 5.03. The lowest BCUT2D eigenvalue weighted by atomic mass is 10.1. The van der Waals surface area contributed by atoms with Crippen LogP contribution in [0.25, 0.3) is 10.9 Å². The molecule has 2 aromatic carbocycles. The average molecular weight is 393 g/mol. The van der Waals surface area contributed by atoms with Gasteiger partial charge in [0.25, 0.3) is 10.0 Å². The lowest BCUT2D eigenvalue weighted by Crippen LogP contribution is -2.31. The predicted molar refractivity (Wildman–Crippen MR) is 91.5 cm³/mol. The molecule has 1 aromatic heterocycles. The van der Waals surface area contributed by atoms with Crippen LogP contribution in [-0.2, 0) is 21.2 Å². The summed E-state index contributed by atoms with van der Waals surface area (Å²) in [6.45, 7) is 0. The number of nitrogens with one attached hydrogen (secondary N) is 2. The van der Waals surface area contributed by atoms with E-state index in [0.29, 0.717) is 10.9 Å². The van der Waals surface area contributed by atoms with Crippen LogP contribution in [0.4, 0.5) is 0 Å². The number of hydrogen-bond donors (Lipinski definition) is 2. The van der Waals surface area contributed by atoms with Crippen LogP contribution < -0.4 is 4.72 Å². The zero-order valence-corrected chi connectivity index (χ0v) is 14.3. The number of amides is 1. The Hall–Kier alpha value is -2.12. The van der Waals surface area contributed by atoms with Gasteiger partial charge in [-0.25, -0.2) is 13.1 Å². The van der Waals surface area contributed by atoms with Crippen LogP contribution in [0.3, 0.4) is 0 Å². The molecule has 0 fully saturated rings. The number of aromatic nitrogens is 1. The normalized spacial score (nSPS) is 11.5. The smallest absolute Gasteiger partial charge is 0.266 e. The van der Waals surface area contributed by atoms with Crippen molar-refractivity contribution >= 4 is 42.8 Å². The van der Waals surface area contributed by atoms with Gasteiger partial charge in [0.2, 0.25) is 5.91 Å². The molecular formula is C16H13BrN2O3S. The second kappa shape index (κ2) is 6.17. The number of carbonyl (C=O) groups excluding carboxylic acids is 1. The van der Waals surface area contributed by atoms with E-state index in [2.05, 4.69) is 25.6 Å². The molecule has 3 aromatic rings. The first-order valence-corrected chi connectivity index (χ1v) is 9.09. The summed E-state index contributed by atoms with van der Waals surface area (Å²) in [5.41, 5.74) is 1.44. The molecule has 1 heterocycles. The fraction of sp³-hybridized carbons (Fsp3) is 0.0625. The Morgan fingerprint density at radius 3 is 2.52 bits per heavy atom. The molecule has 0 saturated heterocycles. The summed E-state index contributed by atoms with van der Waals surface area (Å²) in [5, 5.41) is 0.552. The van der Waals surface area contributed by atoms with Crippen LogP contribution in [0, 0.1) is 0 Å². The number of aromatic amines is 1. The maximum Gasteiger partial charge on any atom is 0.266 e. The number of rotatable bonds is 4. The Morgan fingerprint density at radius 2 is 1.78 bits per heavy atom. The minimum Gasteiger partial charge on any atom is -0.360 e. The predicted octanol–water partition coefficient (Wildman–Crippen LogP) is 2.98. The highest BCUT2D eigenvalue weighted by molar-refractivity contribution is 9.10. The van der Waals surface area contributed by atoms with Crippen molar-refractivity contribution in [3.8, 4) is 0 Å². The largest absolute Gasteiger partial charge is 0.360 e. The molecule has 1 amide bonds. The van der Waals surface area contributed by atoms with Gasteiger partial charge in [0.05, 0.1) is 6.42 Å². The van der Waals surface area contributed by atoms with E-state index in [0.717, 1.165) is 10.0 Å². The van der Waals surface area contributed by atoms with Crippen molar-refractivity contribution in [1.29, 1.82) is 0 Å². The van der Waals surface area contributed by atoms with Gasteiger partial charge in [0.15, 0.2) is 0 Å². The monoisotopic (exact) mass is 392 g/mol. The zero-order chi connectivity index (χ0) is 16.4. The van der Waals surface area contributed by atoms with Crippen LogP contribution in [0.2, 0.25) is 0 Å². The van der Waals surface area contributed by atoms with Gasteiger partial charge < -0.3 is 4.98 Å². The Labute approximate surface area is 141 Å². The Kier molecular flexibility index (Phi) is 4.23. The lowest BCUT2D eigenvalue weighted by molar-refractivity contribution is -0.118. The van der Waals surface area contributed by atoms with Crippen molar-refractivity contribution in [3.05, 3.63) is 64.8 Å². The molecule has 3 rings (SSSR count). The maximum atomic E-state index is 12.4. The summed E-state index contributed by atoms with van der Waals surface area (Å²) in [6.07, 6.45) is 1.38. The summed E-state index contributed by atoms with van der Waals surface area (Å²) in [5.74, 6) is -0.572. The minimum absolute atomic E-state index is 0.00509. The van der Waals surface area contributed by atoms with Crippen LogP contribution in [0.5, 0.6) is 0 Å². The first kappa shape index (κ1) is 15.8. The molecule has 0 spiro atoms. The number of benzene rings is 2. The summed E-state index contributed by atoms with van der Waals surface area (Å²) in [7, 11) is -3.91. The van der Waals surface area contributed by atoms with E-state index < -0.39 is 15.9 Å². The van der Waals surface area contributed by atoms with Crippen LogP contribution in [0.15, 0.2) is 64.1 Å². The van der Waals surface area contributed by atoms with Gasteiger partial charge in [0, 0.05) is 21.6 Å². The fourth-order valence-corrected chi connectivity index (χ4v) is 3.72. The van der Waals surface area contributed by atoms with Gasteiger partial charge in [-0.2, -0.15) is 0 Å². The molecule has 0 radical (unpaired) electrons. The molecule has 0 aliphatic heterocycles. The highest BCUT2D eigenvalue weighted by Crippen LogP contribution is 2.22. The fourth-order valence-electron chi connectivity index (χ4n) is 2.30. The Morgan fingerprint density at radius 1 is 1.09 bits per heavy atom. The van der Waals surface area contributed by atoms with E-state index in [4.69, 9.17) is 0 Å². The van der Waals surface area contributed by atoms with Crippen LogP contribution in [0.1, 0.15) is 5.56 Å². The van der Waals surface area contributed by atoms with E-state index in [1.54, 1.807) is 48.5 Å². The van der Waals surface area contributed by atoms with Crippen molar-refractivity contribution in [2.24, 2.45) is 0 Å². The quantitative estimate of drug-likeness (QED) is 0.716. The number of fused-ring (bicyclic) bond motifs is 1. The first-order chi connectivity index (χ1) is 11.0. The molecule has 5 nitrogen and oxygen atoms in total. The van der Waals surface area contributed by atoms with E-state index >= 15 is 0 Å². The number of halogens is 1. The van der Waals surface area contributed by atoms with Crippen LogP contribution in [-0.4, -0.2) is 19.3 Å². The second-order valence-corrected chi connectivity index (χ2v) is 7.60. The topological polar surface area (TPSA) is 79.0 Å². The minimum atomic E-state index is -3.91. The molecule has 2 N–H and O–H groups in total. The van der Waals surface area contributed by atoms with Gasteiger partial charge in [-0.3, -0.25) is 4.79 Å². The number of sulfonamides is 1. The zero-order valence-electron chi connectivity index (χ0n) is 11.9. The van der Waals surface area contributed by atoms with E-state index in [1.165, 1.54) is 6.20 Å². The molecule has 0 bridgehead atoms. The lowest BCUT2D eigenvalue weighted by Gasteiger charge is -2.06. The summed E-state index contributed by atoms with van der Waals surface area (Å²) in [6, 6.07) is 14.2. The van der Waals surface area contributed by atoms with Gasteiger partial charge in [0.1, 0.15) is 4.90 Å². The number of hydrogen-bond acceptors (Lipinski definition) is 3. The average Bonchev–Trinajstić information content (AvgIpc) is 2.94. The highest BCUT2D eigenvalue weighted by atomic mass is 79.9. The van der Waals surface area contributed by atoms with Crippen molar-refractivity contribution in [2.75, 3.05) is 0 Å². The van der Waals surface area contributed by atoms with Gasteiger partial charge in [-0.05, 0) is 23.8 Å². The molecular weight excluding hydrogens is 380 g/mol. The maximum absolute atomic E-state index is 12.4. The van der Waals surface area contributed by atoms with E-state index in [1.807, 2.05) is 0 Å². The summed E-state index contributed by atoms with van der Waals surface area (Å²) in [4.78, 5) is 15.0. The summed E-state index contributed by atoms with van der Waals surface area (Å²) >= 11 is 3.31. The highest BCUT2D eigenvalue weighted by Gasteiger charge is 2.21. The third-order valence-corrected chi connectivity index (χ3v) is 5.31. The molecule has 118 valence electrons. The Balaban J connectivity index is 1.80. The van der Waals surface area contributed by atoms with Crippen molar-refractivity contribution in [1.82, 2.24) is 9.71 Å². The number of carbonyl (C=O) groups is 1. The SMILES string of the molecule is O=C(Cc1ccc(Br)cc1)NS(=O)(=O)c1c[nH]c2ccccc12.